The Bertz CT molecular complexity index is 673. The first kappa shape index (κ1) is 14.8. The largest absolute Gasteiger partial charge is 0.419 e. The first-order chi connectivity index (χ1) is 9.97. The van der Waals surface area contributed by atoms with Gasteiger partial charge in [-0.1, -0.05) is 17.7 Å². The fourth-order valence-corrected chi connectivity index (χ4v) is 1.78. The fourth-order valence-electron chi connectivity index (χ4n) is 1.60. The van der Waals surface area contributed by atoms with Crippen LogP contribution in [0.25, 0.3) is 0 Å². The van der Waals surface area contributed by atoms with E-state index in [-0.39, 0.29) is 11.4 Å². The second-order valence-electron chi connectivity index (χ2n) is 4.16. The van der Waals surface area contributed by atoms with Crippen molar-refractivity contribution in [2.24, 2.45) is 0 Å². The summed E-state index contributed by atoms with van der Waals surface area (Å²) < 4.78 is 5.13. The predicted molar refractivity (Wildman–Crippen MR) is 79.0 cm³/mol. The lowest BCUT2D eigenvalue weighted by molar-refractivity contribution is -0.384. The number of hydrogen-bond donors (Lipinski definition) is 0. The molecule has 0 atom stereocenters. The van der Waals surface area contributed by atoms with Crippen LogP contribution in [0.15, 0.2) is 48.5 Å². The van der Waals surface area contributed by atoms with E-state index in [1.165, 1.54) is 29.2 Å². The van der Waals surface area contributed by atoms with Gasteiger partial charge in [0.25, 0.3) is 5.69 Å². The number of benzene rings is 2. The third-order valence-electron chi connectivity index (χ3n) is 2.72. The zero-order valence-electron chi connectivity index (χ0n) is 11.0. The van der Waals surface area contributed by atoms with Gasteiger partial charge in [-0.2, -0.15) is 0 Å². The minimum Gasteiger partial charge on any atom is -0.410 e. The van der Waals surface area contributed by atoms with Gasteiger partial charge in [0.15, 0.2) is 0 Å². The molecule has 0 aliphatic heterocycles. The Morgan fingerprint density at radius 1 is 1.24 bits per heavy atom. The number of amides is 1. The van der Waals surface area contributed by atoms with Gasteiger partial charge in [-0.3, -0.25) is 15.0 Å². The van der Waals surface area contributed by atoms with Crippen LogP contribution in [0.5, 0.6) is 5.75 Å². The Kier molecular flexibility index (Phi) is 4.39. The van der Waals surface area contributed by atoms with Gasteiger partial charge in [-0.15, -0.1) is 0 Å². The number of ether oxygens (including phenoxy) is 1. The molecule has 0 aromatic heterocycles. The lowest BCUT2D eigenvalue weighted by Crippen LogP contribution is -2.29. The summed E-state index contributed by atoms with van der Waals surface area (Å²) in [6.45, 7) is 0. The van der Waals surface area contributed by atoms with E-state index in [4.69, 9.17) is 16.3 Å². The fraction of sp³-hybridized carbons (Fsp3) is 0.0714. The van der Waals surface area contributed by atoms with Crippen molar-refractivity contribution in [2.45, 2.75) is 0 Å². The van der Waals surface area contributed by atoms with E-state index in [1.807, 2.05) is 0 Å². The molecule has 0 saturated heterocycles. The van der Waals surface area contributed by atoms with E-state index in [0.29, 0.717) is 10.7 Å². The molecule has 0 radical (unpaired) electrons. The monoisotopic (exact) mass is 306 g/mol. The summed E-state index contributed by atoms with van der Waals surface area (Å²) in [5, 5.41) is 11.0. The van der Waals surface area contributed by atoms with Gasteiger partial charge in [-0.25, -0.2) is 4.79 Å². The van der Waals surface area contributed by atoms with Crippen LogP contribution in [-0.2, 0) is 0 Å². The molecule has 0 aliphatic rings. The minimum absolute atomic E-state index is 0.0713. The Hall–Kier alpha value is -2.60. The summed E-state index contributed by atoms with van der Waals surface area (Å²) >= 11 is 5.86. The van der Waals surface area contributed by atoms with Crippen molar-refractivity contribution in [3.8, 4) is 5.75 Å². The van der Waals surface area contributed by atoms with Crippen LogP contribution in [0.1, 0.15) is 0 Å². The third-order valence-corrected chi connectivity index (χ3v) is 2.96. The van der Waals surface area contributed by atoms with E-state index >= 15 is 0 Å². The maximum atomic E-state index is 12.0. The highest BCUT2D eigenvalue weighted by atomic mass is 35.5. The Morgan fingerprint density at radius 2 is 1.90 bits per heavy atom. The van der Waals surface area contributed by atoms with Gasteiger partial charge < -0.3 is 4.74 Å². The molecule has 21 heavy (non-hydrogen) atoms. The molecule has 0 saturated carbocycles. The van der Waals surface area contributed by atoms with Crippen molar-refractivity contribution < 1.29 is 14.5 Å². The summed E-state index contributed by atoms with van der Waals surface area (Å²) in [5.74, 6) is 0.222. The van der Waals surface area contributed by atoms with E-state index in [9.17, 15) is 14.9 Å². The van der Waals surface area contributed by atoms with Crippen molar-refractivity contribution in [3.63, 3.8) is 0 Å². The third kappa shape index (κ3) is 3.70. The molecule has 2 aromatic rings. The molecule has 0 heterocycles. The molecule has 0 bridgehead atoms. The smallest absolute Gasteiger partial charge is 0.410 e. The second kappa shape index (κ2) is 6.23. The summed E-state index contributed by atoms with van der Waals surface area (Å²) in [5.41, 5.74) is 0.507. The lowest BCUT2D eigenvalue weighted by Gasteiger charge is -2.17. The van der Waals surface area contributed by atoms with E-state index < -0.39 is 11.0 Å². The van der Waals surface area contributed by atoms with Crippen LogP contribution < -0.4 is 9.64 Å². The highest BCUT2D eigenvalue weighted by Crippen LogP contribution is 2.21. The molecule has 0 spiro atoms. The van der Waals surface area contributed by atoms with Gasteiger partial charge in [0, 0.05) is 29.9 Å². The molecule has 0 aliphatic carbocycles. The molecule has 0 unspecified atom stereocenters. The van der Waals surface area contributed by atoms with Crippen molar-refractivity contribution in [3.05, 3.63) is 63.7 Å². The maximum Gasteiger partial charge on any atom is 0.419 e. The molecule has 0 N–H and O–H groups in total. The molecule has 2 aromatic carbocycles. The van der Waals surface area contributed by atoms with Crippen LogP contribution in [-0.4, -0.2) is 18.1 Å². The van der Waals surface area contributed by atoms with Crippen LogP contribution in [0.3, 0.4) is 0 Å². The first-order valence-corrected chi connectivity index (χ1v) is 6.31. The topological polar surface area (TPSA) is 72.7 Å². The highest BCUT2D eigenvalue weighted by molar-refractivity contribution is 6.30. The summed E-state index contributed by atoms with van der Waals surface area (Å²) in [7, 11) is 1.54. The number of rotatable bonds is 3. The normalized spacial score (nSPS) is 10.0. The van der Waals surface area contributed by atoms with Gasteiger partial charge in [0.2, 0.25) is 0 Å². The molecule has 6 nitrogen and oxygen atoms in total. The zero-order chi connectivity index (χ0) is 15.4. The average Bonchev–Trinajstić information content (AvgIpc) is 2.47. The van der Waals surface area contributed by atoms with Crippen LogP contribution in [0, 0.1) is 10.1 Å². The molecular weight excluding hydrogens is 296 g/mol. The quantitative estimate of drug-likeness (QED) is 0.637. The molecule has 7 heteroatoms. The van der Waals surface area contributed by atoms with Gasteiger partial charge >= 0.3 is 6.09 Å². The molecule has 0 fully saturated rings. The van der Waals surface area contributed by atoms with Gasteiger partial charge in [0.05, 0.1) is 4.92 Å². The standard InChI is InChI=1S/C14H11ClN2O4/c1-16(12-4-2-3-10(15)9-12)14(18)21-13-7-5-11(6-8-13)17(19)20/h2-9H,1H3. The Labute approximate surface area is 125 Å². The van der Waals surface area contributed by atoms with E-state index in [2.05, 4.69) is 0 Å². The van der Waals surface area contributed by atoms with Gasteiger partial charge in [0.1, 0.15) is 5.75 Å². The number of carbonyl (C=O) groups is 1. The van der Waals surface area contributed by atoms with E-state index in [1.54, 1.807) is 31.3 Å². The van der Waals surface area contributed by atoms with Crippen LogP contribution in [0.4, 0.5) is 16.2 Å². The first-order valence-electron chi connectivity index (χ1n) is 5.93. The predicted octanol–water partition coefficient (Wildman–Crippen LogP) is 3.88. The Morgan fingerprint density at radius 3 is 2.48 bits per heavy atom. The molecule has 108 valence electrons. The Balaban J connectivity index is 2.08. The number of non-ortho nitro benzene ring substituents is 1. The number of carbonyl (C=O) groups excluding carboxylic acids is 1. The van der Waals surface area contributed by atoms with Crippen molar-refractivity contribution in [1.82, 2.24) is 0 Å². The number of hydrogen-bond acceptors (Lipinski definition) is 4. The number of nitrogens with zero attached hydrogens (tertiary/aromatic N) is 2. The number of nitro groups is 1. The summed E-state index contributed by atoms with van der Waals surface area (Å²) in [6.07, 6.45) is -0.619. The highest BCUT2D eigenvalue weighted by Gasteiger charge is 2.14. The number of nitro benzene ring substituents is 1. The van der Waals surface area contributed by atoms with Crippen molar-refractivity contribution in [2.75, 3.05) is 11.9 Å². The molecular formula is C14H11ClN2O4. The SMILES string of the molecule is CN(C(=O)Oc1ccc([N+](=O)[O-])cc1)c1cccc(Cl)c1. The lowest BCUT2D eigenvalue weighted by atomic mass is 10.3. The number of halogens is 1. The van der Waals surface area contributed by atoms with Crippen molar-refractivity contribution >= 4 is 29.1 Å². The summed E-state index contributed by atoms with van der Waals surface area (Å²) in [4.78, 5) is 23.3. The zero-order valence-corrected chi connectivity index (χ0v) is 11.8. The number of anilines is 1. The van der Waals surface area contributed by atoms with Gasteiger partial charge in [-0.05, 0) is 30.3 Å². The maximum absolute atomic E-state index is 12.0. The summed E-state index contributed by atoms with van der Waals surface area (Å²) in [6, 6.07) is 12.0. The molecule has 1 amide bonds. The van der Waals surface area contributed by atoms with Crippen LogP contribution in [0.2, 0.25) is 5.02 Å². The molecule has 2 rings (SSSR count). The average molecular weight is 307 g/mol. The second-order valence-corrected chi connectivity index (χ2v) is 4.59. The minimum atomic E-state index is -0.619. The van der Waals surface area contributed by atoms with Crippen molar-refractivity contribution in [1.29, 1.82) is 0 Å². The van der Waals surface area contributed by atoms with Crippen LogP contribution >= 0.6 is 11.6 Å². The van der Waals surface area contributed by atoms with E-state index in [0.717, 1.165) is 0 Å².